The summed E-state index contributed by atoms with van der Waals surface area (Å²) in [7, 11) is -3.78. The van der Waals surface area contributed by atoms with E-state index in [1.807, 2.05) is 36.4 Å². The highest BCUT2D eigenvalue weighted by atomic mass is 32.2. The van der Waals surface area contributed by atoms with Crippen LogP contribution in [0.25, 0.3) is 0 Å². The van der Waals surface area contributed by atoms with Crippen LogP contribution in [-0.2, 0) is 23.1 Å². The van der Waals surface area contributed by atoms with Gasteiger partial charge >= 0.3 is 0 Å². The zero-order chi connectivity index (χ0) is 24.8. The van der Waals surface area contributed by atoms with Gasteiger partial charge in [0, 0.05) is 57.0 Å². The van der Waals surface area contributed by atoms with Crippen LogP contribution in [-0.4, -0.2) is 55.2 Å². The zero-order valence-electron chi connectivity index (χ0n) is 19.0. The Morgan fingerprint density at radius 2 is 1.57 bits per heavy atom. The first-order valence-electron chi connectivity index (χ1n) is 11.2. The molecule has 0 unspecified atom stereocenters. The van der Waals surface area contributed by atoms with Gasteiger partial charge in [0.15, 0.2) is 0 Å². The Hall–Kier alpha value is -3.60. The number of non-ortho nitro benzene ring substituents is 1. The van der Waals surface area contributed by atoms with Crippen molar-refractivity contribution in [3.8, 4) is 0 Å². The fraction of sp³-hybridized carbons (Fsp3) is 0.240. The summed E-state index contributed by atoms with van der Waals surface area (Å²) in [6, 6.07) is 21.8. The largest absolute Gasteiger partial charge is 0.336 e. The first-order chi connectivity index (χ1) is 16.8. The van der Waals surface area contributed by atoms with Crippen LogP contribution < -0.4 is 4.72 Å². The first-order valence-corrected chi connectivity index (χ1v) is 12.7. The van der Waals surface area contributed by atoms with Gasteiger partial charge in [-0.1, -0.05) is 48.5 Å². The number of piperazine rings is 1. The summed E-state index contributed by atoms with van der Waals surface area (Å²) in [5, 5.41) is 11.0. The highest BCUT2D eigenvalue weighted by Crippen LogP contribution is 2.18. The zero-order valence-corrected chi connectivity index (χ0v) is 19.9. The molecule has 0 spiro atoms. The molecule has 35 heavy (non-hydrogen) atoms. The lowest BCUT2D eigenvalue weighted by Gasteiger charge is -2.34. The van der Waals surface area contributed by atoms with Crippen molar-refractivity contribution >= 4 is 21.6 Å². The summed E-state index contributed by atoms with van der Waals surface area (Å²) in [5.41, 5.74) is 2.07. The van der Waals surface area contributed by atoms with Crippen molar-refractivity contribution in [2.45, 2.75) is 18.0 Å². The Morgan fingerprint density at radius 1 is 0.886 bits per heavy atom. The summed E-state index contributed by atoms with van der Waals surface area (Å²) in [4.78, 5) is 27.5. The number of benzene rings is 3. The van der Waals surface area contributed by atoms with Gasteiger partial charge in [-0.3, -0.25) is 19.8 Å². The van der Waals surface area contributed by atoms with Gasteiger partial charge < -0.3 is 4.90 Å². The molecule has 3 aromatic carbocycles. The van der Waals surface area contributed by atoms with Crippen molar-refractivity contribution in [2.75, 3.05) is 26.2 Å². The van der Waals surface area contributed by atoms with Crippen molar-refractivity contribution in [2.24, 2.45) is 0 Å². The molecule has 3 aromatic rings. The van der Waals surface area contributed by atoms with Gasteiger partial charge in [0.1, 0.15) is 0 Å². The van der Waals surface area contributed by atoms with Crippen LogP contribution in [0.3, 0.4) is 0 Å². The molecule has 1 N–H and O–H groups in total. The second-order valence-electron chi connectivity index (χ2n) is 8.33. The minimum Gasteiger partial charge on any atom is -0.336 e. The van der Waals surface area contributed by atoms with E-state index in [9.17, 15) is 23.3 Å². The molecule has 1 saturated heterocycles. The van der Waals surface area contributed by atoms with Gasteiger partial charge in [-0.25, -0.2) is 13.1 Å². The Balaban J connectivity index is 1.36. The van der Waals surface area contributed by atoms with Gasteiger partial charge in [-0.05, 0) is 29.3 Å². The van der Waals surface area contributed by atoms with Crippen molar-refractivity contribution in [1.82, 2.24) is 14.5 Å². The Bertz CT molecular complexity index is 1310. The van der Waals surface area contributed by atoms with E-state index in [2.05, 4.69) is 9.62 Å². The van der Waals surface area contributed by atoms with Crippen LogP contribution in [0.4, 0.5) is 5.69 Å². The van der Waals surface area contributed by atoms with Crippen LogP contribution >= 0.6 is 0 Å². The number of carbonyl (C=O) groups is 1. The monoisotopic (exact) mass is 494 g/mol. The van der Waals surface area contributed by atoms with Crippen LogP contribution in [0.1, 0.15) is 21.5 Å². The number of rotatable bonds is 8. The van der Waals surface area contributed by atoms with E-state index < -0.39 is 14.9 Å². The molecule has 1 aliphatic heterocycles. The SMILES string of the molecule is O=C(c1cccc(S(=O)(=O)NCc2ccccc2)c1)N1CCN(Cc2cccc([N+](=O)[O-])c2)CC1. The minimum atomic E-state index is -3.78. The molecule has 0 aliphatic carbocycles. The average molecular weight is 495 g/mol. The fourth-order valence-electron chi connectivity index (χ4n) is 3.97. The van der Waals surface area contributed by atoms with Gasteiger partial charge in [0.2, 0.25) is 10.0 Å². The number of hydrogen-bond donors (Lipinski definition) is 1. The average Bonchev–Trinajstić information content (AvgIpc) is 2.88. The number of nitro benzene ring substituents is 1. The highest BCUT2D eigenvalue weighted by Gasteiger charge is 2.24. The van der Waals surface area contributed by atoms with Gasteiger partial charge in [-0.2, -0.15) is 0 Å². The number of nitro groups is 1. The van der Waals surface area contributed by atoms with Crippen LogP contribution in [0.5, 0.6) is 0 Å². The molecule has 1 fully saturated rings. The van der Waals surface area contributed by atoms with E-state index in [0.717, 1.165) is 11.1 Å². The Labute approximate surface area is 204 Å². The van der Waals surface area contributed by atoms with Crippen molar-refractivity contribution in [3.63, 3.8) is 0 Å². The Kier molecular flexibility index (Phi) is 7.54. The van der Waals surface area contributed by atoms with E-state index in [0.29, 0.717) is 38.3 Å². The number of carbonyl (C=O) groups excluding carboxylic acids is 1. The van der Waals surface area contributed by atoms with Crippen LogP contribution in [0, 0.1) is 10.1 Å². The van der Waals surface area contributed by atoms with E-state index in [1.165, 1.54) is 18.2 Å². The molecule has 1 heterocycles. The van der Waals surface area contributed by atoms with Gasteiger partial charge in [0.25, 0.3) is 11.6 Å². The topological polar surface area (TPSA) is 113 Å². The maximum absolute atomic E-state index is 13.1. The predicted molar refractivity (Wildman–Crippen MR) is 131 cm³/mol. The lowest BCUT2D eigenvalue weighted by Crippen LogP contribution is -2.48. The summed E-state index contributed by atoms with van der Waals surface area (Å²) in [6.07, 6.45) is 0. The number of nitrogens with zero attached hydrogens (tertiary/aromatic N) is 3. The van der Waals surface area contributed by atoms with Crippen LogP contribution in [0.2, 0.25) is 0 Å². The molecule has 0 bridgehead atoms. The number of hydrogen-bond acceptors (Lipinski definition) is 6. The standard InChI is InChI=1S/C25H26N4O5S/c30-25(28-14-12-27(13-15-28)19-21-8-4-10-23(16-21)29(31)32)22-9-5-11-24(17-22)35(33,34)26-18-20-6-2-1-3-7-20/h1-11,16-17,26H,12-15,18-19H2. The van der Waals surface area contributed by atoms with E-state index in [-0.39, 0.29) is 23.0 Å². The molecule has 4 rings (SSSR count). The lowest BCUT2D eigenvalue weighted by molar-refractivity contribution is -0.384. The summed E-state index contributed by atoms with van der Waals surface area (Å²) < 4.78 is 28.1. The second kappa shape index (κ2) is 10.8. The maximum Gasteiger partial charge on any atom is 0.269 e. The van der Waals surface area contributed by atoms with Crippen molar-refractivity contribution < 1.29 is 18.1 Å². The summed E-state index contributed by atoms with van der Waals surface area (Å²) in [6.45, 7) is 2.92. The minimum absolute atomic E-state index is 0.0450. The van der Waals surface area contributed by atoms with Crippen LogP contribution in [0.15, 0.2) is 83.8 Å². The smallest absolute Gasteiger partial charge is 0.269 e. The number of amides is 1. The van der Waals surface area contributed by atoms with E-state index in [1.54, 1.807) is 29.2 Å². The molecule has 0 radical (unpaired) electrons. The summed E-state index contributed by atoms with van der Waals surface area (Å²) in [5.74, 6) is -0.222. The van der Waals surface area contributed by atoms with E-state index in [4.69, 9.17) is 0 Å². The van der Waals surface area contributed by atoms with Gasteiger partial charge in [0.05, 0.1) is 9.82 Å². The first kappa shape index (κ1) is 24.5. The molecule has 0 atom stereocenters. The van der Waals surface area contributed by atoms with Crippen molar-refractivity contribution in [1.29, 1.82) is 0 Å². The third-order valence-corrected chi connectivity index (χ3v) is 7.29. The van der Waals surface area contributed by atoms with Gasteiger partial charge in [-0.15, -0.1) is 0 Å². The van der Waals surface area contributed by atoms with E-state index >= 15 is 0 Å². The number of sulfonamides is 1. The molecule has 9 nitrogen and oxygen atoms in total. The maximum atomic E-state index is 13.1. The third kappa shape index (κ3) is 6.30. The third-order valence-electron chi connectivity index (χ3n) is 5.89. The molecule has 182 valence electrons. The predicted octanol–water partition coefficient (Wildman–Crippen LogP) is 3.03. The molecule has 1 amide bonds. The quantitative estimate of drug-likeness (QED) is 0.380. The molecular formula is C25H26N4O5S. The second-order valence-corrected chi connectivity index (χ2v) is 10.1. The molecule has 10 heteroatoms. The highest BCUT2D eigenvalue weighted by molar-refractivity contribution is 7.89. The van der Waals surface area contributed by atoms with Crippen molar-refractivity contribution in [3.05, 3.63) is 106 Å². The molecular weight excluding hydrogens is 468 g/mol. The number of nitrogens with one attached hydrogen (secondary N) is 1. The molecule has 0 aromatic heterocycles. The summed E-state index contributed by atoms with van der Waals surface area (Å²) >= 11 is 0. The lowest BCUT2D eigenvalue weighted by atomic mass is 10.1. The fourth-order valence-corrected chi connectivity index (χ4v) is 5.04. The molecule has 1 aliphatic rings. The Morgan fingerprint density at radius 3 is 2.29 bits per heavy atom. The normalized spacial score (nSPS) is 14.6. The molecule has 0 saturated carbocycles.